The predicted molar refractivity (Wildman–Crippen MR) is 156 cm³/mol. The van der Waals surface area contributed by atoms with Crippen LogP contribution in [0.4, 0.5) is 5.82 Å². The standard InChI is InChI=1S/C27H36N8O4S2/c1-17(2)41(38,39)34-11-7-19(8-12-34)29-23-15-22(31-24(32-23)21-16-28-35-13-14-40-27(21)35)26(37)33-9-5-20(6-10-33)30-25(36)18-3-4-18/h13-20H,3-12H2,1-2H3,(H,30,36)(H,29,31,32). The molecule has 2 N–H and O–H groups in total. The number of carbonyl (C=O) groups is 2. The van der Waals surface area contributed by atoms with Crippen molar-refractivity contribution in [3.63, 3.8) is 0 Å². The van der Waals surface area contributed by atoms with Crippen molar-refractivity contribution in [3.05, 3.63) is 29.5 Å². The Labute approximate surface area is 243 Å². The van der Waals surface area contributed by atoms with Gasteiger partial charge in [0, 0.05) is 61.8 Å². The Bertz CT molecular complexity index is 1530. The van der Waals surface area contributed by atoms with Gasteiger partial charge in [-0.15, -0.1) is 11.3 Å². The van der Waals surface area contributed by atoms with E-state index in [0.717, 1.165) is 23.2 Å². The molecular formula is C27H36N8O4S2. The van der Waals surface area contributed by atoms with Crippen LogP contribution in [-0.2, 0) is 14.8 Å². The maximum atomic E-state index is 13.7. The molecule has 1 saturated carbocycles. The third-order valence-electron chi connectivity index (χ3n) is 8.16. The first-order chi connectivity index (χ1) is 19.7. The lowest BCUT2D eigenvalue weighted by Crippen LogP contribution is -2.47. The van der Waals surface area contributed by atoms with Crippen LogP contribution in [-0.4, -0.2) is 92.5 Å². The number of likely N-dealkylation sites (tertiary alicyclic amines) is 1. The van der Waals surface area contributed by atoms with Crippen LogP contribution in [0.25, 0.3) is 16.2 Å². The Morgan fingerprint density at radius 1 is 1.00 bits per heavy atom. The van der Waals surface area contributed by atoms with Crippen LogP contribution >= 0.6 is 11.3 Å². The minimum Gasteiger partial charge on any atom is -0.367 e. The van der Waals surface area contributed by atoms with E-state index in [-0.39, 0.29) is 29.8 Å². The van der Waals surface area contributed by atoms with Gasteiger partial charge in [-0.05, 0) is 52.4 Å². The van der Waals surface area contributed by atoms with Crippen LogP contribution < -0.4 is 10.6 Å². The first kappa shape index (κ1) is 28.0. The lowest BCUT2D eigenvalue weighted by molar-refractivity contribution is -0.123. The number of carbonyl (C=O) groups excluding carboxylic acids is 2. The van der Waals surface area contributed by atoms with E-state index in [9.17, 15) is 18.0 Å². The molecule has 41 heavy (non-hydrogen) atoms. The first-order valence-corrected chi connectivity index (χ1v) is 16.7. The number of hydrogen-bond acceptors (Lipinski definition) is 9. The molecule has 0 unspecified atom stereocenters. The third kappa shape index (κ3) is 5.95. The molecule has 0 radical (unpaired) electrons. The van der Waals surface area contributed by atoms with Gasteiger partial charge in [-0.25, -0.2) is 27.2 Å². The molecule has 3 aliphatic rings. The second-order valence-corrected chi connectivity index (χ2v) is 14.8. The minimum atomic E-state index is -3.29. The Morgan fingerprint density at radius 2 is 1.71 bits per heavy atom. The summed E-state index contributed by atoms with van der Waals surface area (Å²) < 4.78 is 28.5. The number of sulfonamides is 1. The highest BCUT2D eigenvalue weighted by Crippen LogP contribution is 2.30. The summed E-state index contributed by atoms with van der Waals surface area (Å²) in [7, 11) is -3.29. The van der Waals surface area contributed by atoms with Crippen molar-refractivity contribution in [3.8, 4) is 11.4 Å². The van der Waals surface area contributed by atoms with Crippen molar-refractivity contribution in [1.82, 2.24) is 34.1 Å². The normalized spacial score (nSPS) is 19.6. The molecule has 0 bridgehead atoms. The van der Waals surface area contributed by atoms with Crippen molar-refractivity contribution < 1.29 is 18.0 Å². The second kappa shape index (κ2) is 11.3. The van der Waals surface area contributed by atoms with E-state index in [2.05, 4.69) is 15.7 Å². The summed E-state index contributed by atoms with van der Waals surface area (Å²) in [4.78, 5) is 38.0. The summed E-state index contributed by atoms with van der Waals surface area (Å²) in [5, 5.41) is 12.5. The van der Waals surface area contributed by atoms with Crippen LogP contribution in [0.3, 0.4) is 0 Å². The van der Waals surface area contributed by atoms with Crippen molar-refractivity contribution in [2.24, 2.45) is 5.92 Å². The van der Waals surface area contributed by atoms with E-state index in [1.54, 1.807) is 39.8 Å². The van der Waals surface area contributed by atoms with Gasteiger partial charge in [0.2, 0.25) is 15.9 Å². The van der Waals surface area contributed by atoms with Gasteiger partial charge >= 0.3 is 0 Å². The second-order valence-electron chi connectivity index (χ2n) is 11.4. The van der Waals surface area contributed by atoms with Crippen LogP contribution in [0.2, 0.25) is 0 Å². The number of aromatic nitrogens is 4. The molecule has 3 fully saturated rings. The van der Waals surface area contributed by atoms with E-state index in [0.29, 0.717) is 69.2 Å². The van der Waals surface area contributed by atoms with Gasteiger partial charge in [0.1, 0.15) is 16.3 Å². The number of piperidine rings is 2. The van der Waals surface area contributed by atoms with Crippen molar-refractivity contribution in [2.45, 2.75) is 69.7 Å². The molecular weight excluding hydrogens is 564 g/mol. The molecule has 2 saturated heterocycles. The van der Waals surface area contributed by atoms with E-state index in [1.165, 1.54) is 11.3 Å². The minimum absolute atomic E-state index is 0.0130. The first-order valence-electron chi connectivity index (χ1n) is 14.3. The molecule has 3 aromatic rings. The molecule has 0 aromatic carbocycles. The van der Waals surface area contributed by atoms with Gasteiger partial charge in [-0.3, -0.25) is 9.59 Å². The molecule has 2 aliphatic heterocycles. The number of nitrogens with one attached hydrogen (secondary N) is 2. The number of anilines is 1. The van der Waals surface area contributed by atoms with Crippen molar-refractivity contribution in [1.29, 1.82) is 0 Å². The zero-order chi connectivity index (χ0) is 28.7. The molecule has 3 aromatic heterocycles. The van der Waals surface area contributed by atoms with Crippen LogP contribution in [0.5, 0.6) is 0 Å². The average Bonchev–Trinajstić information content (AvgIpc) is 3.59. The molecule has 0 atom stereocenters. The topological polar surface area (TPSA) is 142 Å². The Kier molecular flexibility index (Phi) is 7.72. The lowest BCUT2D eigenvalue weighted by atomic mass is 10.0. The molecule has 14 heteroatoms. The van der Waals surface area contributed by atoms with Gasteiger partial charge in [0.05, 0.1) is 17.0 Å². The maximum absolute atomic E-state index is 13.7. The van der Waals surface area contributed by atoms with E-state index < -0.39 is 15.3 Å². The van der Waals surface area contributed by atoms with Gasteiger partial charge in [0.25, 0.3) is 5.91 Å². The van der Waals surface area contributed by atoms with Crippen molar-refractivity contribution >= 4 is 43.8 Å². The quantitative estimate of drug-likeness (QED) is 0.402. The van der Waals surface area contributed by atoms with E-state index >= 15 is 0 Å². The zero-order valence-electron chi connectivity index (χ0n) is 23.3. The summed E-state index contributed by atoms with van der Waals surface area (Å²) in [6.45, 7) is 5.37. The summed E-state index contributed by atoms with van der Waals surface area (Å²) in [5.41, 5.74) is 1.05. The Morgan fingerprint density at radius 3 is 2.39 bits per heavy atom. The molecule has 2 amide bonds. The number of amides is 2. The largest absolute Gasteiger partial charge is 0.367 e. The van der Waals surface area contributed by atoms with Crippen LogP contribution in [0, 0.1) is 5.92 Å². The number of nitrogens with zero attached hydrogens (tertiary/aromatic N) is 6. The summed E-state index contributed by atoms with van der Waals surface area (Å²) in [6.07, 6.45) is 8.22. The van der Waals surface area contributed by atoms with Crippen LogP contribution in [0.15, 0.2) is 23.8 Å². The number of fused-ring (bicyclic) bond motifs is 1. The molecule has 1 aliphatic carbocycles. The summed E-state index contributed by atoms with van der Waals surface area (Å²) in [5.74, 6) is 1.09. The highest BCUT2D eigenvalue weighted by atomic mass is 32.2. The maximum Gasteiger partial charge on any atom is 0.272 e. The van der Waals surface area contributed by atoms with Crippen molar-refractivity contribution in [2.75, 3.05) is 31.5 Å². The predicted octanol–water partition coefficient (Wildman–Crippen LogP) is 2.60. The Balaban J connectivity index is 1.19. The molecule has 220 valence electrons. The summed E-state index contributed by atoms with van der Waals surface area (Å²) in [6, 6.07) is 1.80. The van der Waals surface area contributed by atoms with Crippen LogP contribution in [0.1, 0.15) is 62.9 Å². The van der Waals surface area contributed by atoms with E-state index in [4.69, 9.17) is 9.97 Å². The molecule has 12 nitrogen and oxygen atoms in total. The number of hydrogen-bond donors (Lipinski definition) is 2. The number of thiazole rings is 1. The van der Waals surface area contributed by atoms with Gasteiger partial charge in [-0.2, -0.15) is 5.10 Å². The average molecular weight is 601 g/mol. The monoisotopic (exact) mass is 600 g/mol. The van der Waals surface area contributed by atoms with E-state index in [1.807, 2.05) is 11.6 Å². The molecule has 6 rings (SSSR count). The van der Waals surface area contributed by atoms with Gasteiger partial charge in [-0.1, -0.05) is 0 Å². The fourth-order valence-electron chi connectivity index (χ4n) is 5.45. The highest BCUT2D eigenvalue weighted by molar-refractivity contribution is 7.89. The number of rotatable bonds is 8. The highest BCUT2D eigenvalue weighted by Gasteiger charge is 2.33. The van der Waals surface area contributed by atoms with Gasteiger partial charge < -0.3 is 15.5 Å². The lowest BCUT2D eigenvalue weighted by Gasteiger charge is -2.33. The fraction of sp³-hybridized carbons (Fsp3) is 0.593. The Hall–Kier alpha value is -3.10. The SMILES string of the molecule is CC(C)S(=O)(=O)N1CCC(Nc2cc(C(=O)N3CCC(NC(=O)C4CC4)CC3)nc(-c3cnn4ccsc34)n2)CC1. The smallest absolute Gasteiger partial charge is 0.272 e. The molecule has 5 heterocycles. The van der Waals surface area contributed by atoms with Gasteiger partial charge in [0.15, 0.2) is 5.82 Å². The zero-order valence-corrected chi connectivity index (χ0v) is 25.0. The molecule has 0 spiro atoms. The fourth-order valence-corrected chi connectivity index (χ4v) is 7.56. The summed E-state index contributed by atoms with van der Waals surface area (Å²) >= 11 is 1.52. The third-order valence-corrected chi connectivity index (χ3v) is 11.3.